The van der Waals surface area contributed by atoms with Crippen LogP contribution in [0.25, 0.3) is 10.9 Å². The Bertz CT molecular complexity index is 771. The summed E-state index contributed by atoms with van der Waals surface area (Å²) in [6.07, 6.45) is 1.88. The molecule has 1 aromatic carbocycles. The van der Waals surface area contributed by atoms with E-state index >= 15 is 0 Å². The lowest BCUT2D eigenvalue weighted by Gasteiger charge is -2.08. The van der Waals surface area contributed by atoms with E-state index in [9.17, 15) is 9.90 Å². The maximum absolute atomic E-state index is 11.3. The second-order valence-corrected chi connectivity index (χ2v) is 4.39. The van der Waals surface area contributed by atoms with E-state index in [-0.39, 0.29) is 5.56 Å². The number of benzene rings is 1. The largest absolute Gasteiger partial charge is 0.478 e. The average molecular weight is 284 g/mol. The number of aromatic carboxylic acids is 1. The van der Waals surface area contributed by atoms with Crippen LogP contribution in [0.1, 0.15) is 16.2 Å². The maximum atomic E-state index is 11.3. The number of rotatable bonds is 5. The highest BCUT2D eigenvalue weighted by molar-refractivity contribution is 6.03. The number of carboxylic acids is 1. The number of pyridine rings is 1. The van der Waals surface area contributed by atoms with E-state index in [0.717, 1.165) is 0 Å². The van der Waals surface area contributed by atoms with Crippen LogP contribution in [-0.4, -0.2) is 32.7 Å². The summed E-state index contributed by atoms with van der Waals surface area (Å²) in [5.74, 6) is 0.0425. The van der Waals surface area contributed by atoms with Crippen molar-refractivity contribution in [1.82, 2.24) is 15.1 Å². The Morgan fingerprint density at radius 1 is 1.33 bits per heavy atom. The Kier molecular flexibility index (Phi) is 3.46. The first kappa shape index (κ1) is 13.0. The van der Waals surface area contributed by atoms with E-state index < -0.39 is 5.97 Å². The van der Waals surface area contributed by atoms with Gasteiger partial charge >= 0.3 is 5.97 Å². The fraction of sp³-hybridized carbons (Fsp3) is 0.143. The van der Waals surface area contributed by atoms with Crippen molar-refractivity contribution in [2.75, 3.05) is 11.9 Å². The van der Waals surface area contributed by atoms with Gasteiger partial charge in [-0.15, -0.1) is 0 Å². The molecule has 0 aliphatic carbocycles. The molecule has 0 atom stereocenters. The first-order valence-electron chi connectivity index (χ1n) is 6.36. The van der Waals surface area contributed by atoms with Crippen LogP contribution >= 0.6 is 0 Å². The smallest absolute Gasteiger partial charge is 0.336 e. The van der Waals surface area contributed by atoms with Gasteiger partial charge in [-0.05, 0) is 12.1 Å². The van der Waals surface area contributed by atoms with Crippen molar-refractivity contribution in [2.24, 2.45) is 0 Å². The minimum absolute atomic E-state index is 0.223. The quantitative estimate of drug-likeness (QED) is 0.738. The number of anilines is 1. The fourth-order valence-corrected chi connectivity index (χ4v) is 2.05. The van der Waals surface area contributed by atoms with Gasteiger partial charge < -0.3 is 14.9 Å². The summed E-state index contributed by atoms with van der Waals surface area (Å²) in [7, 11) is 0. The van der Waals surface area contributed by atoms with E-state index in [4.69, 9.17) is 4.52 Å². The normalized spacial score (nSPS) is 10.7. The highest BCUT2D eigenvalue weighted by atomic mass is 16.5. The summed E-state index contributed by atoms with van der Waals surface area (Å²) in [5.41, 5.74) is 0.860. The van der Waals surface area contributed by atoms with E-state index in [0.29, 0.717) is 35.6 Å². The molecule has 0 saturated carbocycles. The third-order valence-electron chi connectivity index (χ3n) is 3.00. The van der Waals surface area contributed by atoms with Crippen LogP contribution in [-0.2, 0) is 6.42 Å². The van der Waals surface area contributed by atoms with Gasteiger partial charge in [0.25, 0.3) is 0 Å². The van der Waals surface area contributed by atoms with Gasteiger partial charge in [-0.1, -0.05) is 23.4 Å². The lowest BCUT2D eigenvalue weighted by Crippen LogP contribution is -2.08. The number of carboxylic acid groups (broad SMARTS) is 1. The second-order valence-electron chi connectivity index (χ2n) is 4.39. The van der Waals surface area contributed by atoms with Gasteiger partial charge in [0.2, 0.25) is 5.89 Å². The minimum Gasteiger partial charge on any atom is -0.478 e. The van der Waals surface area contributed by atoms with Gasteiger partial charge in [0, 0.05) is 18.4 Å². The van der Waals surface area contributed by atoms with Crippen molar-refractivity contribution in [3.05, 3.63) is 48.1 Å². The summed E-state index contributed by atoms with van der Waals surface area (Å²) in [6, 6.07) is 8.67. The second kappa shape index (κ2) is 5.58. The Morgan fingerprint density at radius 3 is 2.95 bits per heavy atom. The van der Waals surface area contributed by atoms with Crippen molar-refractivity contribution in [3.8, 4) is 0 Å². The molecule has 2 aromatic heterocycles. The van der Waals surface area contributed by atoms with Crippen LogP contribution in [0.3, 0.4) is 0 Å². The minimum atomic E-state index is -0.978. The first-order chi connectivity index (χ1) is 10.2. The Balaban J connectivity index is 1.83. The summed E-state index contributed by atoms with van der Waals surface area (Å²) < 4.78 is 4.89. The molecule has 7 nitrogen and oxygen atoms in total. The highest BCUT2D eigenvalue weighted by Gasteiger charge is 2.11. The lowest BCUT2D eigenvalue weighted by atomic mass is 10.1. The summed E-state index contributed by atoms with van der Waals surface area (Å²) in [4.78, 5) is 19.6. The van der Waals surface area contributed by atoms with Crippen molar-refractivity contribution in [3.63, 3.8) is 0 Å². The van der Waals surface area contributed by atoms with Gasteiger partial charge in [0.1, 0.15) is 5.82 Å². The molecule has 2 N–H and O–H groups in total. The molecular formula is C14H12N4O3. The average Bonchev–Trinajstić information content (AvgIpc) is 2.99. The highest BCUT2D eigenvalue weighted by Crippen LogP contribution is 2.20. The third kappa shape index (κ3) is 2.81. The molecule has 106 valence electrons. The number of hydrogen-bond acceptors (Lipinski definition) is 6. The molecule has 7 heteroatoms. The molecule has 0 unspecified atom stereocenters. The molecule has 0 spiro atoms. The standard InChI is InChI=1S/C14H12N4O3/c19-14(20)10-7-12(15-6-5-13-16-8-17-21-13)18-11-4-2-1-3-9(10)11/h1-4,7-8H,5-6H2,(H,15,18)(H,19,20). The SMILES string of the molecule is O=C(O)c1cc(NCCc2ncno2)nc2ccccc12. The predicted molar refractivity (Wildman–Crippen MR) is 75.2 cm³/mol. The molecule has 0 radical (unpaired) electrons. The number of fused-ring (bicyclic) bond motifs is 1. The van der Waals surface area contributed by atoms with Crippen LogP contribution in [0, 0.1) is 0 Å². The Labute approximate surface area is 119 Å². The summed E-state index contributed by atoms with van der Waals surface area (Å²) in [6.45, 7) is 0.520. The monoisotopic (exact) mass is 284 g/mol. The Morgan fingerprint density at radius 2 is 2.19 bits per heavy atom. The van der Waals surface area contributed by atoms with Crippen molar-refractivity contribution in [2.45, 2.75) is 6.42 Å². The summed E-state index contributed by atoms with van der Waals surface area (Å²) >= 11 is 0. The number of nitrogens with zero attached hydrogens (tertiary/aromatic N) is 3. The first-order valence-corrected chi connectivity index (χ1v) is 6.36. The van der Waals surface area contributed by atoms with Crippen molar-refractivity contribution < 1.29 is 14.4 Å². The molecule has 21 heavy (non-hydrogen) atoms. The van der Waals surface area contributed by atoms with Crippen LogP contribution in [0.5, 0.6) is 0 Å². The van der Waals surface area contributed by atoms with Gasteiger partial charge in [0.05, 0.1) is 11.1 Å². The number of para-hydroxylation sites is 1. The summed E-state index contributed by atoms with van der Waals surface area (Å²) in [5, 5.41) is 16.5. The molecule has 0 bridgehead atoms. The van der Waals surface area contributed by atoms with Crippen molar-refractivity contribution in [1.29, 1.82) is 0 Å². The van der Waals surface area contributed by atoms with Gasteiger partial charge in [0.15, 0.2) is 6.33 Å². The molecule has 3 aromatic rings. The molecule has 0 aliphatic heterocycles. The molecule has 3 rings (SSSR count). The van der Waals surface area contributed by atoms with Gasteiger partial charge in [-0.25, -0.2) is 9.78 Å². The zero-order valence-corrected chi connectivity index (χ0v) is 11.0. The zero-order chi connectivity index (χ0) is 14.7. The van der Waals surface area contributed by atoms with Crippen molar-refractivity contribution >= 4 is 22.7 Å². The molecule has 0 fully saturated rings. The van der Waals surface area contributed by atoms with Crippen LogP contribution in [0.15, 0.2) is 41.2 Å². The zero-order valence-electron chi connectivity index (χ0n) is 11.0. The predicted octanol–water partition coefficient (Wildman–Crippen LogP) is 1.97. The number of hydrogen-bond donors (Lipinski definition) is 2. The number of nitrogens with one attached hydrogen (secondary N) is 1. The molecule has 0 aliphatic rings. The van der Waals surface area contributed by atoms with Gasteiger partial charge in [-0.3, -0.25) is 0 Å². The van der Waals surface area contributed by atoms with E-state index in [1.807, 2.05) is 6.07 Å². The molecule has 0 amide bonds. The van der Waals surface area contributed by atoms with Crippen LogP contribution in [0.4, 0.5) is 5.82 Å². The third-order valence-corrected chi connectivity index (χ3v) is 3.00. The van der Waals surface area contributed by atoms with Gasteiger partial charge in [-0.2, -0.15) is 4.98 Å². The van der Waals surface area contributed by atoms with Crippen LogP contribution in [0.2, 0.25) is 0 Å². The Hall–Kier alpha value is -2.96. The number of carbonyl (C=O) groups is 1. The van der Waals surface area contributed by atoms with E-state index in [1.165, 1.54) is 12.4 Å². The topological polar surface area (TPSA) is 101 Å². The molecule has 2 heterocycles. The molecule has 0 saturated heterocycles. The van der Waals surface area contributed by atoms with Crippen LogP contribution < -0.4 is 5.32 Å². The lowest BCUT2D eigenvalue weighted by molar-refractivity contribution is 0.0699. The maximum Gasteiger partial charge on any atom is 0.336 e. The number of aromatic nitrogens is 3. The fourth-order valence-electron chi connectivity index (χ4n) is 2.05. The van der Waals surface area contributed by atoms with E-state index in [1.54, 1.807) is 18.2 Å². The molecular weight excluding hydrogens is 272 g/mol. The van der Waals surface area contributed by atoms with E-state index in [2.05, 4.69) is 20.4 Å².